The van der Waals surface area contributed by atoms with Gasteiger partial charge in [-0.05, 0) is 113 Å². The van der Waals surface area contributed by atoms with Gasteiger partial charge in [-0.15, -0.1) is 5.06 Å². The average molecular weight is 1150 g/mol. The van der Waals surface area contributed by atoms with E-state index in [0.29, 0.717) is 32.9 Å². The smallest absolute Gasteiger partial charge is 0.358 e. The molecule has 0 bridgehead atoms. The molecule has 0 saturated heterocycles. The van der Waals surface area contributed by atoms with Crippen molar-refractivity contribution >= 4 is 54.2 Å². The third-order valence-corrected chi connectivity index (χ3v) is 16.1. The van der Waals surface area contributed by atoms with Gasteiger partial charge in [0, 0.05) is 11.1 Å². The Balaban J connectivity index is 0.000000181. The fourth-order valence-corrected chi connectivity index (χ4v) is 10.4. The lowest BCUT2D eigenvalue weighted by atomic mass is 10.1. The van der Waals surface area contributed by atoms with Gasteiger partial charge in [-0.1, -0.05) is 104 Å². The Morgan fingerprint density at radius 2 is 0.884 bits per heavy atom. The predicted octanol–water partition coefficient (Wildman–Crippen LogP) is 9.90. The molecule has 4 amide bonds. The molecule has 0 spiro atoms. The highest BCUT2D eigenvalue weighted by Gasteiger charge is 2.66. The Hall–Kier alpha value is -6.00. The van der Waals surface area contributed by atoms with Gasteiger partial charge in [0.25, 0.3) is 23.6 Å². The third-order valence-electron chi connectivity index (χ3n) is 9.35. The molecule has 0 radical (unpaired) electrons. The summed E-state index contributed by atoms with van der Waals surface area (Å²) in [5, 5.41) is 9.41. The number of benzene rings is 6. The number of amides is 4. The Morgan fingerprint density at radius 1 is 0.522 bits per heavy atom. The first kappa shape index (κ1) is 53.9. The first-order valence-corrected chi connectivity index (χ1v) is 26.6. The van der Waals surface area contributed by atoms with Crippen LogP contribution >= 0.6 is 20.4 Å². The number of hydrogen-bond acceptors (Lipinski definition) is 9. The minimum Gasteiger partial charge on any atom is -0.744 e. The summed E-state index contributed by atoms with van der Waals surface area (Å²) in [5.41, 5.74) is 4.88. The molecule has 2 heterocycles. The summed E-state index contributed by atoms with van der Waals surface area (Å²) in [6.45, 7) is 7.71. The number of carbonyl (C=O) groups excluding carboxylic acids is 4. The summed E-state index contributed by atoms with van der Waals surface area (Å²) in [6, 6.07) is 26.7. The number of fused-ring (bicyclic) bond motifs is 2. The molecule has 0 aromatic heterocycles. The third kappa shape index (κ3) is 13.6. The van der Waals surface area contributed by atoms with Gasteiger partial charge in [-0.2, -0.15) is 0 Å². The van der Waals surface area contributed by atoms with Crippen molar-refractivity contribution in [3.05, 3.63) is 185 Å². The van der Waals surface area contributed by atoms with Gasteiger partial charge >= 0.3 is 41.7 Å². The van der Waals surface area contributed by atoms with E-state index in [-0.39, 0.29) is 50.1 Å². The molecular formula is C44H35F10IN2O9S3. The van der Waals surface area contributed by atoms with E-state index in [1.807, 2.05) is 39.8 Å². The molecular weight excluding hydrogens is 1110 g/mol. The molecule has 370 valence electrons. The molecule has 0 atom stereocenters. The zero-order chi connectivity index (χ0) is 51.8. The summed E-state index contributed by atoms with van der Waals surface area (Å²) in [7, 11) is -23.6. The average Bonchev–Trinajstić information content (AvgIpc) is 3.61. The van der Waals surface area contributed by atoms with E-state index in [1.54, 1.807) is 24.3 Å². The molecule has 0 aliphatic carbocycles. The van der Waals surface area contributed by atoms with E-state index in [9.17, 15) is 71.0 Å². The number of halogens is 11. The van der Waals surface area contributed by atoms with Crippen molar-refractivity contribution in [2.75, 3.05) is 0 Å². The number of rotatable bonds is 7. The Bertz CT molecular complexity index is 3040. The van der Waals surface area contributed by atoms with Crippen LogP contribution in [0.1, 0.15) is 63.7 Å². The maximum atomic E-state index is 12.7. The maximum absolute atomic E-state index is 12.7. The topological polar surface area (TPSA) is 161 Å². The summed E-state index contributed by atoms with van der Waals surface area (Å²) in [4.78, 5) is 47.0. The molecule has 0 fully saturated rings. The number of hydrogen-bond donors (Lipinski definition) is 1. The van der Waals surface area contributed by atoms with Gasteiger partial charge < -0.3 is 9.39 Å². The quantitative estimate of drug-likeness (QED) is 0.0540. The van der Waals surface area contributed by atoms with Crippen molar-refractivity contribution in [1.29, 1.82) is 0 Å². The van der Waals surface area contributed by atoms with Crippen molar-refractivity contribution in [3.63, 3.8) is 0 Å². The van der Waals surface area contributed by atoms with E-state index in [2.05, 4.69) is 0 Å². The molecule has 25 heteroatoms. The zero-order valence-electron chi connectivity index (χ0n) is 35.7. The fraction of sp³-hybridized carbons (Fsp3) is 0.0909. The highest BCUT2D eigenvalue weighted by molar-refractivity contribution is 8.46. The second-order valence-electron chi connectivity index (χ2n) is 14.9. The molecule has 69 heavy (non-hydrogen) atoms. The highest BCUT2D eigenvalue weighted by atomic mass is 127. The lowest BCUT2D eigenvalue weighted by molar-refractivity contribution is -0.598. The van der Waals surface area contributed by atoms with Crippen molar-refractivity contribution in [2.45, 2.75) is 42.4 Å². The molecule has 11 nitrogen and oxygen atoms in total. The molecule has 8 rings (SSSR count). The molecule has 2 aliphatic rings. The van der Waals surface area contributed by atoms with E-state index in [4.69, 9.17) is 10.0 Å². The maximum Gasteiger partial charge on any atom is 0.358 e. The van der Waals surface area contributed by atoms with E-state index in [1.165, 1.54) is 60.7 Å². The predicted molar refractivity (Wildman–Crippen MR) is 229 cm³/mol. The zero-order valence-corrected chi connectivity index (χ0v) is 40.3. The molecule has 0 saturated carbocycles. The van der Waals surface area contributed by atoms with Gasteiger partial charge in [0.15, 0.2) is 12.9 Å². The number of aryl methyl sites for hydroxylation is 4. The first-order chi connectivity index (χ1) is 31.3. The van der Waals surface area contributed by atoms with E-state index < -0.39 is 85.2 Å². The fourth-order valence-electron chi connectivity index (χ4n) is 6.17. The normalized spacial score (nSPS) is 15.4. The minimum absolute atomic E-state index is 0.0751. The largest absolute Gasteiger partial charge is 0.744 e. The molecule has 6 aromatic carbocycles. The molecule has 1 N–H and O–H groups in total. The van der Waals surface area contributed by atoms with Crippen LogP contribution in [0.4, 0.5) is 38.9 Å². The van der Waals surface area contributed by atoms with Crippen LogP contribution in [0.3, 0.4) is 0 Å². The van der Waals surface area contributed by atoms with Crippen LogP contribution in [0, 0.1) is 34.8 Å². The van der Waals surface area contributed by atoms with Crippen LogP contribution < -0.4 is 26.0 Å². The number of carbonyl (C=O) groups is 4. The Morgan fingerprint density at radius 3 is 1.25 bits per heavy atom. The van der Waals surface area contributed by atoms with Crippen molar-refractivity contribution < 1.29 is 102 Å². The molecule has 0 unspecified atom stereocenters. The van der Waals surface area contributed by atoms with Gasteiger partial charge in [-0.3, -0.25) is 24.4 Å². The lowest BCUT2D eigenvalue weighted by Crippen LogP contribution is -3.62. The number of hydroxylamine groups is 4. The highest BCUT2D eigenvalue weighted by Crippen LogP contribution is 3.02. The lowest BCUT2D eigenvalue weighted by Gasteiger charge is -2.40. The van der Waals surface area contributed by atoms with Crippen LogP contribution in [0.5, 0.6) is 5.75 Å². The summed E-state index contributed by atoms with van der Waals surface area (Å²) < 4.78 is 160. The standard InChI is InChI=1S/C15H15F5IS.C14H8F5NO3S.C8H5NO3.C7H8O3S/c1-10-8-11(2)15(12(3)9-10)21-13-4-6-14(7-5-13)22(16,17,18,19)20;15-24(16,17,18,19)10-7-5-9(6-8-10)23-20-13(21)11-3-1-2-4-12(11)14(20)22;10-7-5-3-1-2-4-6(5)8(11)9(7)12;1-6-2-4-7(5-3-6)11(8,9)10/h4-9H,1-3H3;1-8H;1-4,12H;2-5H,1H3,(H,8,9,10)/q+1;;;/p-1. The van der Waals surface area contributed by atoms with Crippen LogP contribution in [0.25, 0.3) is 0 Å². The van der Waals surface area contributed by atoms with E-state index >= 15 is 0 Å². The van der Waals surface area contributed by atoms with Gasteiger partial charge in [0.2, 0.25) is 0 Å². The summed E-state index contributed by atoms with van der Waals surface area (Å²) >= 11 is -0.710. The van der Waals surface area contributed by atoms with Crippen molar-refractivity contribution in [2.24, 2.45) is 0 Å². The van der Waals surface area contributed by atoms with Gasteiger partial charge in [0.1, 0.15) is 19.9 Å². The number of nitrogens with zero attached hydrogens (tertiary/aromatic N) is 2. The Labute approximate surface area is 397 Å². The SMILES string of the molecule is Cc1cc(C)c([I+]c2ccc(S(F)(F)(F)(F)F)cc2)c(C)c1.Cc1ccc(S(=O)(=O)[O-])cc1.O=C1c2ccccc2C(=O)N1O.O=C1c2ccccc2C(=O)N1Oc1ccc(S(F)(F)(F)(F)F)cc1. The number of imide groups is 2. The van der Waals surface area contributed by atoms with E-state index in [0.717, 1.165) is 25.8 Å². The molecule has 6 aromatic rings. The second kappa shape index (κ2) is 17.8. The minimum atomic E-state index is -9.79. The Kier molecular flexibility index (Phi) is 13.9. The second-order valence-corrected chi connectivity index (χ2v) is 24.0. The monoisotopic (exact) mass is 1150 g/mol. The van der Waals surface area contributed by atoms with Crippen LogP contribution in [0.2, 0.25) is 0 Å². The van der Waals surface area contributed by atoms with Gasteiger partial charge in [0.05, 0.1) is 27.1 Å². The van der Waals surface area contributed by atoms with Crippen LogP contribution in [-0.2, 0) is 10.1 Å². The van der Waals surface area contributed by atoms with Gasteiger partial charge in [-0.25, -0.2) is 8.42 Å². The summed E-state index contributed by atoms with van der Waals surface area (Å²) in [5.74, 6) is -3.28. The molecule has 2 aliphatic heterocycles. The van der Waals surface area contributed by atoms with Crippen LogP contribution in [0.15, 0.2) is 148 Å². The van der Waals surface area contributed by atoms with Crippen LogP contribution in [-0.4, -0.2) is 51.9 Å². The van der Waals surface area contributed by atoms with Crippen molar-refractivity contribution in [3.8, 4) is 5.75 Å². The summed E-state index contributed by atoms with van der Waals surface area (Å²) in [6.07, 6.45) is 0. The van der Waals surface area contributed by atoms with Crippen molar-refractivity contribution in [1.82, 2.24) is 10.1 Å². The first-order valence-electron chi connectivity index (χ1n) is 19.1.